The zero-order valence-electron chi connectivity index (χ0n) is 16.5. The highest BCUT2D eigenvalue weighted by atomic mass is 35.5. The highest BCUT2D eigenvalue weighted by molar-refractivity contribution is 6.31. The number of nitro groups is 1. The van der Waals surface area contributed by atoms with E-state index in [1.165, 1.54) is 30.0 Å². The van der Waals surface area contributed by atoms with Crippen LogP contribution >= 0.6 is 11.6 Å². The summed E-state index contributed by atoms with van der Waals surface area (Å²) in [4.78, 5) is 23.4. The summed E-state index contributed by atoms with van der Waals surface area (Å²) in [5.41, 5.74) is 0.573. The van der Waals surface area contributed by atoms with E-state index in [4.69, 9.17) is 21.1 Å². The maximum absolute atomic E-state index is 12.6. The lowest BCUT2D eigenvalue weighted by molar-refractivity contribution is -0.384. The number of hydrogen-bond acceptors (Lipinski definition) is 6. The number of halogens is 1. The van der Waals surface area contributed by atoms with Crippen molar-refractivity contribution in [3.63, 3.8) is 0 Å². The van der Waals surface area contributed by atoms with Crippen LogP contribution in [0.5, 0.6) is 17.2 Å². The number of hydrogen-bond donors (Lipinski definition) is 1. The van der Waals surface area contributed by atoms with Gasteiger partial charge in [-0.3, -0.25) is 19.6 Å². The third-order valence-corrected chi connectivity index (χ3v) is 4.67. The molecule has 0 aliphatic carbocycles. The summed E-state index contributed by atoms with van der Waals surface area (Å²) in [6.45, 7) is 3.37. The SMILES string of the molecule is COc1ccccc1Oc1cc(NC(=O)C(C)n2cc(Cl)c(C)n2)cc([N+](=O)[O-])c1. The van der Waals surface area contributed by atoms with E-state index in [1.54, 1.807) is 44.3 Å². The van der Waals surface area contributed by atoms with Crippen molar-refractivity contribution in [3.8, 4) is 17.2 Å². The molecule has 1 N–H and O–H groups in total. The standard InChI is InChI=1S/C20H19ClN4O5/c1-12-17(21)11-24(23-12)13(2)20(26)22-14-8-15(25(27)28)10-16(9-14)30-19-7-5-4-6-18(19)29-3/h4-11,13H,1-3H3,(H,22,26). The number of anilines is 1. The van der Waals surface area contributed by atoms with Crippen LogP contribution < -0.4 is 14.8 Å². The molecule has 0 fully saturated rings. The molecule has 30 heavy (non-hydrogen) atoms. The van der Waals surface area contributed by atoms with Gasteiger partial charge in [0.15, 0.2) is 11.5 Å². The summed E-state index contributed by atoms with van der Waals surface area (Å²) >= 11 is 6.00. The molecule has 156 valence electrons. The van der Waals surface area contributed by atoms with Crippen LogP contribution in [0.4, 0.5) is 11.4 Å². The van der Waals surface area contributed by atoms with E-state index in [0.29, 0.717) is 22.2 Å². The second kappa shape index (κ2) is 8.83. The maximum Gasteiger partial charge on any atom is 0.275 e. The number of carbonyl (C=O) groups is 1. The van der Waals surface area contributed by atoms with E-state index in [1.807, 2.05) is 0 Å². The van der Waals surface area contributed by atoms with Gasteiger partial charge < -0.3 is 14.8 Å². The third kappa shape index (κ3) is 4.69. The van der Waals surface area contributed by atoms with Crippen LogP contribution in [-0.2, 0) is 4.79 Å². The van der Waals surface area contributed by atoms with Crippen molar-refractivity contribution in [1.82, 2.24) is 9.78 Å². The van der Waals surface area contributed by atoms with Gasteiger partial charge in [-0.2, -0.15) is 5.10 Å². The van der Waals surface area contributed by atoms with E-state index in [0.717, 1.165) is 0 Å². The van der Waals surface area contributed by atoms with Gasteiger partial charge in [0.25, 0.3) is 5.69 Å². The number of carbonyl (C=O) groups excluding carboxylic acids is 1. The highest BCUT2D eigenvalue weighted by Gasteiger charge is 2.20. The number of nitrogens with one attached hydrogen (secondary N) is 1. The minimum absolute atomic E-state index is 0.176. The van der Waals surface area contributed by atoms with Crippen LogP contribution in [-0.4, -0.2) is 27.7 Å². The van der Waals surface area contributed by atoms with E-state index in [2.05, 4.69) is 10.4 Å². The Bertz CT molecular complexity index is 1080. The molecule has 0 aliphatic rings. The number of rotatable bonds is 7. The molecule has 3 rings (SSSR count). The minimum atomic E-state index is -0.686. The van der Waals surface area contributed by atoms with Gasteiger partial charge >= 0.3 is 0 Å². The summed E-state index contributed by atoms with van der Waals surface area (Å²) < 4.78 is 12.4. The first-order valence-electron chi connectivity index (χ1n) is 8.91. The molecule has 10 heteroatoms. The number of methoxy groups -OCH3 is 1. The topological polar surface area (TPSA) is 109 Å². The lowest BCUT2D eigenvalue weighted by atomic mass is 10.2. The van der Waals surface area contributed by atoms with Crippen molar-refractivity contribution in [3.05, 3.63) is 69.5 Å². The molecule has 9 nitrogen and oxygen atoms in total. The Morgan fingerprint density at radius 3 is 2.57 bits per heavy atom. The predicted octanol–water partition coefficient (Wildman–Crippen LogP) is 4.75. The third-order valence-electron chi connectivity index (χ3n) is 4.30. The first-order chi connectivity index (χ1) is 14.3. The second-order valence-corrected chi connectivity index (χ2v) is 6.84. The fourth-order valence-electron chi connectivity index (χ4n) is 2.67. The molecule has 1 heterocycles. The minimum Gasteiger partial charge on any atom is -0.493 e. The van der Waals surface area contributed by atoms with Gasteiger partial charge in [-0.05, 0) is 26.0 Å². The number of amides is 1. The molecule has 1 aromatic heterocycles. The van der Waals surface area contributed by atoms with Crippen LogP contribution in [0.15, 0.2) is 48.7 Å². The molecule has 0 radical (unpaired) electrons. The Balaban J connectivity index is 1.87. The van der Waals surface area contributed by atoms with Crippen LogP contribution in [0.25, 0.3) is 0 Å². The van der Waals surface area contributed by atoms with E-state index in [-0.39, 0.29) is 17.1 Å². The monoisotopic (exact) mass is 430 g/mol. The Labute approximate surface area is 177 Å². The first kappa shape index (κ1) is 21.1. The van der Waals surface area contributed by atoms with Gasteiger partial charge in [0.05, 0.1) is 34.5 Å². The Morgan fingerprint density at radius 1 is 1.27 bits per heavy atom. The summed E-state index contributed by atoms with van der Waals surface area (Å²) in [6.07, 6.45) is 1.55. The summed E-state index contributed by atoms with van der Waals surface area (Å²) in [5, 5.41) is 18.6. The number of ether oxygens (including phenoxy) is 2. The predicted molar refractivity (Wildman–Crippen MR) is 111 cm³/mol. The Kier molecular flexibility index (Phi) is 6.22. The normalized spacial score (nSPS) is 11.6. The average Bonchev–Trinajstić information content (AvgIpc) is 3.06. The van der Waals surface area contributed by atoms with Crippen molar-refractivity contribution in [2.45, 2.75) is 19.9 Å². The summed E-state index contributed by atoms with van der Waals surface area (Å²) in [5.74, 6) is 0.606. The second-order valence-electron chi connectivity index (χ2n) is 6.43. The molecule has 1 atom stereocenters. The van der Waals surface area contributed by atoms with Crippen molar-refractivity contribution in [1.29, 1.82) is 0 Å². The molecule has 0 aliphatic heterocycles. The molecular weight excluding hydrogens is 412 g/mol. The van der Waals surface area contributed by atoms with Crippen LogP contribution in [0.1, 0.15) is 18.7 Å². The molecule has 0 saturated heterocycles. The van der Waals surface area contributed by atoms with Crippen LogP contribution in [0, 0.1) is 17.0 Å². The van der Waals surface area contributed by atoms with Crippen molar-refractivity contribution >= 4 is 28.9 Å². The van der Waals surface area contributed by atoms with Crippen molar-refractivity contribution in [2.75, 3.05) is 12.4 Å². The first-order valence-corrected chi connectivity index (χ1v) is 9.28. The maximum atomic E-state index is 12.6. The van der Waals surface area contributed by atoms with E-state index >= 15 is 0 Å². The number of nitro benzene ring substituents is 1. The zero-order chi connectivity index (χ0) is 21.8. The van der Waals surface area contributed by atoms with Gasteiger partial charge in [0.2, 0.25) is 5.91 Å². The number of benzene rings is 2. The van der Waals surface area contributed by atoms with Gasteiger partial charge in [-0.1, -0.05) is 23.7 Å². The van der Waals surface area contributed by atoms with Crippen LogP contribution in [0.2, 0.25) is 5.02 Å². The molecule has 0 saturated carbocycles. The van der Waals surface area contributed by atoms with Gasteiger partial charge in [0.1, 0.15) is 11.8 Å². The van der Waals surface area contributed by atoms with E-state index in [9.17, 15) is 14.9 Å². The fraction of sp³-hybridized carbons (Fsp3) is 0.200. The fourth-order valence-corrected chi connectivity index (χ4v) is 2.81. The largest absolute Gasteiger partial charge is 0.493 e. The number of aromatic nitrogens is 2. The van der Waals surface area contributed by atoms with Crippen molar-refractivity contribution in [2.24, 2.45) is 0 Å². The number of non-ortho nitro benzene ring substituents is 1. The molecule has 1 amide bonds. The number of aryl methyl sites for hydroxylation is 1. The number of para-hydroxylation sites is 2. The zero-order valence-corrected chi connectivity index (χ0v) is 17.2. The molecule has 3 aromatic rings. The van der Waals surface area contributed by atoms with Crippen molar-refractivity contribution < 1.29 is 19.2 Å². The molecule has 0 bridgehead atoms. The molecule has 1 unspecified atom stereocenters. The molecule has 0 spiro atoms. The average molecular weight is 431 g/mol. The van der Waals surface area contributed by atoms with Gasteiger partial charge in [-0.15, -0.1) is 0 Å². The van der Waals surface area contributed by atoms with Gasteiger partial charge in [0, 0.05) is 18.3 Å². The van der Waals surface area contributed by atoms with E-state index < -0.39 is 16.9 Å². The summed E-state index contributed by atoms with van der Waals surface area (Å²) in [7, 11) is 1.49. The lowest BCUT2D eigenvalue weighted by Gasteiger charge is -2.14. The highest BCUT2D eigenvalue weighted by Crippen LogP contribution is 2.34. The Hall–Kier alpha value is -3.59. The Morgan fingerprint density at radius 2 is 1.97 bits per heavy atom. The smallest absolute Gasteiger partial charge is 0.275 e. The number of nitrogens with zero attached hydrogens (tertiary/aromatic N) is 3. The molecular formula is C20H19ClN4O5. The molecule has 2 aromatic carbocycles. The summed E-state index contributed by atoms with van der Waals surface area (Å²) in [6, 6.07) is 10.2. The quantitative estimate of drug-likeness (QED) is 0.427. The van der Waals surface area contributed by atoms with Crippen LogP contribution in [0.3, 0.4) is 0 Å². The van der Waals surface area contributed by atoms with Gasteiger partial charge in [-0.25, -0.2) is 0 Å². The lowest BCUT2D eigenvalue weighted by Crippen LogP contribution is -2.24.